The maximum Gasteiger partial charge on any atom is 0.107 e. The molecule has 1 aliphatic heterocycles. The van der Waals surface area contributed by atoms with Crippen molar-refractivity contribution in [2.45, 2.75) is 6.10 Å². The molecule has 4 rings (SSSR count). The number of epoxide rings is 1. The number of benzene rings is 3. The molecule has 1 aliphatic rings. The van der Waals surface area contributed by atoms with Gasteiger partial charge in [0.1, 0.15) is 6.10 Å². The Balaban J connectivity index is 2.18. The predicted octanol–water partition coefficient (Wildman–Crippen LogP) is 6.02. The van der Waals surface area contributed by atoms with E-state index in [1.807, 2.05) is 24.3 Å². The van der Waals surface area contributed by atoms with Crippen LogP contribution < -0.4 is 0 Å². The van der Waals surface area contributed by atoms with Gasteiger partial charge in [-0.05, 0) is 39.9 Å². The summed E-state index contributed by atoms with van der Waals surface area (Å²) in [6.07, 6.45) is 0.190. The third kappa shape index (κ3) is 1.89. The zero-order valence-corrected chi connectivity index (χ0v) is 12.6. The number of halogens is 3. The molecule has 4 heteroatoms. The van der Waals surface area contributed by atoms with Gasteiger partial charge in [-0.1, -0.05) is 53.0 Å². The van der Waals surface area contributed by atoms with Gasteiger partial charge >= 0.3 is 0 Å². The fraction of sp³-hybridized carbons (Fsp3) is 0.125. The van der Waals surface area contributed by atoms with Crippen LogP contribution in [0.3, 0.4) is 0 Å². The Bertz CT molecular complexity index is 853. The van der Waals surface area contributed by atoms with Gasteiger partial charge in [0.05, 0.1) is 16.7 Å². The van der Waals surface area contributed by atoms with Crippen molar-refractivity contribution >= 4 is 56.3 Å². The van der Waals surface area contributed by atoms with Gasteiger partial charge in [0, 0.05) is 10.4 Å². The lowest BCUT2D eigenvalue weighted by Crippen LogP contribution is -1.87. The quantitative estimate of drug-likeness (QED) is 0.394. The third-order valence-electron chi connectivity index (χ3n) is 3.70. The Labute approximate surface area is 131 Å². The molecule has 0 bridgehead atoms. The van der Waals surface area contributed by atoms with Crippen LogP contribution >= 0.6 is 34.8 Å². The molecule has 0 amide bonds. The summed E-state index contributed by atoms with van der Waals surface area (Å²) in [5, 5.41) is 5.91. The zero-order valence-electron chi connectivity index (χ0n) is 10.3. The van der Waals surface area contributed by atoms with Crippen LogP contribution in [0.25, 0.3) is 21.5 Å². The molecule has 0 N–H and O–H groups in total. The number of rotatable bonds is 1. The highest BCUT2D eigenvalue weighted by atomic mass is 35.5. The predicted molar refractivity (Wildman–Crippen MR) is 85.2 cm³/mol. The van der Waals surface area contributed by atoms with Gasteiger partial charge < -0.3 is 4.74 Å². The topological polar surface area (TPSA) is 12.5 Å². The van der Waals surface area contributed by atoms with Gasteiger partial charge in [-0.25, -0.2) is 0 Å². The van der Waals surface area contributed by atoms with Gasteiger partial charge in [0.2, 0.25) is 0 Å². The van der Waals surface area contributed by atoms with Crippen molar-refractivity contribution in [2.75, 3.05) is 6.61 Å². The Morgan fingerprint density at radius 2 is 1.45 bits per heavy atom. The third-order valence-corrected chi connectivity index (χ3v) is 4.73. The minimum atomic E-state index is 0.190. The minimum absolute atomic E-state index is 0.190. The van der Waals surface area contributed by atoms with Crippen molar-refractivity contribution in [1.82, 2.24) is 0 Å². The Kier molecular flexibility index (Phi) is 2.87. The van der Waals surface area contributed by atoms with Gasteiger partial charge in [-0.15, -0.1) is 0 Å². The normalized spacial score (nSPS) is 17.9. The van der Waals surface area contributed by atoms with Gasteiger partial charge in [0.25, 0.3) is 0 Å². The summed E-state index contributed by atoms with van der Waals surface area (Å²) in [4.78, 5) is 0. The zero-order chi connectivity index (χ0) is 13.9. The van der Waals surface area contributed by atoms with Crippen molar-refractivity contribution in [3.63, 3.8) is 0 Å². The monoisotopic (exact) mass is 322 g/mol. The first-order valence-electron chi connectivity index (χ1n) is 6.26. The van der Waals surface area contributed by atoms with E-state index in [0.29, 0.717) is 15.1 Å². The van der Waals surface area contributed by atoms with Gasteiger partial charge in [0.15, 0.2) is 0 Å². The first-order chi connectivity index (χ1) is 9.65. The number of hydrogen-bond acceptors (Lipinski definition) is 1. The minimum Gasteiger partial charge on any atom is -0.368 e. The van der Waals surface area contributed by atoms with E-state index in [1.165, 1.54) is 5.56 Å². The van der Waals surface area contributed by atoms with E-state index in [0.717, 1.165) is 28.2 Å². The van der Waals surface area contributed by atoms with E-state index in [-0.39, 0.29) is 6.10 Å². The van der Waals surface area contributed by atoms with Crippen molar-refractivity contribution < 1.29 is 4.74 Å². The maximum atomic E-state index is 6.41. The molecule has 1 nitrogen and oxygen atoms in total. The molecule has 0 aliphatic carbocycles. The summed E-state index contributed by atoms with van der Waals surface area (Å²) < 4.78 is 5.41. The highest BCUT2D eigenvalue weighted by Gasteiger charge is 2.27. The second kappa shape index (κ2) is 4.51. The molecular weight excluding hydrogens is 315 g/mol. The van der Waals surface area contributed by atoms with Crippen LogP contribution in [-0.4, -0.2) is 6.61 Å². The number of fused-ring (bicyclic) bond motifs is 3. The van der Waals surface area contributed by atoms with Gasteiger partial charge in [-0.3, -0.25) is 0 Å². The summed E-state index contributed by atoms with van der Waals surface area (Å²) in [7, 11) is 0. The first kappa shape index (κ1) is 12.7. The number of hydrogen-bond donors (Lipinski definition) is 0. The molecule has 1 saturated heterocycles. The second-order valence-electron chi connectivity index (χ2n) is 4.93. The highest BCUT2D eigenvalue weighted by Crippen LogP contribution is 2.41. The van der Waals surface area contributed by atoms with E-state index in [1.54, 1.807) is 0 Å². The molecule has 1 atom stereocenters. The standard InChI is InChI=1S/C16H9Cl3O/c17-13-4-10-8(2-1-3-9(10)16-7-20-16)11-5-14(18)15(19)6-12(11)13/h1-6,16H,7H2/t16-/m1/s1. The SMILES string of the molecule is Clc1cc2c(Cl)cc3c([C@H]4CO4)cccc3c2cc1Cl. The average Bonchev–Trinajstić information content (AvgIpc) is 3.25. The molecule has 0 unspecified atom stereocenters. The molecule has 100 valence electrons. The molecule has 0 aromatic heterocycles. The Hall–Kier alpha value is -0.990. The lowest BCUT2D eigenvalue weighted by Gasteiger charge is -2.10. The highest BCUT2D eigenvalue weighted by molar-refractivity contribution is 6.44. The van der Waals surface area contributed by atoms with Crippen LogP contribution in [0.15, 0.2) is 36.4 Å². The van der Waals surface area contributed by atoms with Crippen LogP contribution in [0.1, 0.15) is 11.7 Å². The van der Waals surface area contributed by atoms with E-state index in [9.17, 15) is 0 Å². The summed E-state index contributed by atoms with van der Waals surface area (Å²) in [6, 6.07) is 11.9. The molecule has 0 saturated carbocycles. The van der Waals surface area contributed by atoms with Crippen LogP contribution in [0.5, 0.6) is 0 Å². The molecule has 20 heavy (non-hydrogen) atoms. The van der Waals surface area contributed by atoms with E-state index in [2.05, 4.69) is 12.1 Å². The van der Waals surface area contributed by atoms with E-state index in [4.69, 9.17) is 39.5 Å². The van der Waals surface area contributed by atoms with Crippen molar-refractivity contribution in [3.8, 4) is 0 Å². The molecule has 3 aromatic carbocycles. The van der Waals surface area contributed by atoms with Gasteiger partial charge in [-0.2, -0.15) is 0 Å². The Morgan fingerprint density at radius 3 is 2.15 bits per heavy atom. The van der Waals surface area contributed by atoms with Crippen LogP contribution in [0, 0.1) is 0 Å². The molecular formula is C16H9Cl3O. The molecule has 1 heterocycles. The maximum absolute atomic E-state index is 6.41. The van der Waals surface area contributed by atoms with Crippen LogP contribution in [0.4, 0.5) is 0 Å². The lowest BCUT2D eigenvalue weighted by atomic mass is 9.97. The summed E-state index contributed by atoms with van der Waals surface area (Å²) in [5.74, 6) is 0. The Morgan fingerprint density at radius 1 is 0.800 bits per heavy atom. The average molecular weight is 324 g/mol. The van der Waals surface area contributed by atoms with Crippen molar-refractivity contribution in [1.29, 1.82) is 0 Å². The summed E-state index contributed by atoms with van der Waals surface area (Å²) in [5.41, 5.74) is 1.18. The molecule has 0 spiro atoms. The van der Waals surface area contributed by atoms with Crippen molar-refractivity contribution in [2.24, 2.45) is 0 Å². The van der Waals surface area contributed by atoms with Crippen molar-refractivity contribution in [3.05, 3.63) is 57.0 Å². The molecule has 0 radical (unpaired) electrons. The number of ether oxygens (including phenoxy) is 1. The summed E-state index contributed by atoms with van der Waals surface area (Å²) in [6.45, 7) is 0.774. The smallest absolute Gasteiger partial charge is 0.107 e. The molecule has 3 aromatic rings. The summed E-state index contributed by atoms with van der Waals surface area (Å²) >= 11 is 18.7. The first-order valence-corrected chi connectivity index (χ1v) is 7.40. The van der Waals surface area contributed by atoms with Crippen LogP contribution in [0.2, 0.25) is 15.1 Å². The fourth-order valence-electron chi connectivity index (χ4n) is 2.66. The van der Waals surface area contributed by atoms with E-state index < -0.39 is 0 Å². The largest absolute Gasteiger partial charge is 0.368 e. The van der Waals surface area contributed by atoms with Crippen LogP contribution in [-0.2, 0) is 4.74 Å². The fourth-order valence-corrected chi connectivity index (χ4v) is 3.25. The second-order valence-corrected chi connectivity index (χ2v) is 6.16. The van der Waals surface area contributed by atoms with E-state index >= 15 is 0 Å². The lowest BCUT2D eigenvalue weighted by molar-refractivity contribution is 0.417. The molecule has 1 fully saturated rings.